The number of nitrogens with zero attached hydrogens (tertiary/aromatic N) is 5. The number of piperazine rings is 1. The number of aromatic amines is 1. The SMILES string of the molecule is [C-]#[N+]c1ccc2[nH]cc(CCCN3CCN(c4ncc(-c5ccccc5C(N)=O)cn4)CC3)c2c1. The molecule has 1 aliphatic heterocycles. The third-order valence-corrected chi connectivity index (χ3v) is 6.60. The Morgan fingerprint density at radius 1 is 1.09 bits per heavy atom. The topological polar surface area (TPSA) is 95.5 Å². The van der Waals surface area contributed by atoms with Crippen molar-refractivity contribution in [1.29, 1.82) is 0 Å². The summed E-state index contributed by atoms with van der Waals surface area (Å²) in [5, 5.41) is 1.15. The van der Waals surface area contributed by atoms with Crippen LogP contribution in [0.3, 0.4) is 0 Å². The average Bonchev–Trinajstić information content (AvgIpc) is 3.31. The van der Waals surface area contributed by atoms with Gasteiger partial charge in [-0.3, -0.25) is 9.69 Å². The van der Waals surface area contributed by atoms with Crippen molar-refractivity contribution in [2.24, 2.45) is 5.73 Å². The zero-order chi connectivity index (χ0) is 24.2. The molecule has 1 fully saturated rings. The van der Waals surface area contributed by atoms with Gasteiger partial charge in [-0.15, -0.1) is 0 Å². The molecule has 3 heterocycles. The van der Waals surface area contributed by atoms with Crippen molar-refractivity contribution in [2.75, 3.05) is 37.6 Å². The number of hydrogen-bond donors (Lipinski definition) is 2. The van der Waals surface area contributed by atoms with Crippen molar-refractivity contribution in [3.05, 3.63) is 83.6 Å². The zero-order valence-electron chi connectivity index (χ0n) is 19.4. The molecule has 0 aliphatic carbocycles. The van der Waals surface area contributed by atoms with Crippen LogP contribution in [0.1, 0.15) is 22.3 Å². The second-order valence-corrected chi connectivity index (χ2v) is 8.77. The second-order valence-electron chi connectivity index (χ2n) is 8.77. The van der Waals surface area contributed by atoms with Crippen molar-refractivity contribution < 1.29 is 4.79 Å². The molecule has 2 aromatic heterocycles. The first kappa shape index (κ1) is 22.6. The zero-order valence-corrected chi connectivity index (χ0v) is 19.4. The lowest BCUT2D eigenvalue weighted by Gasteiger charge is -2.34. The molecule has 0 bridgehead atoms. The van der Waals surface area contributed by atoms with Crippen molar-refractivity contribution in [3.8, 4) is 11.1 Å². The van der Waals surface area contributed by atoms with Gasteiger partial charge in [0.05, 0.1) is 6.57 Å². The number of aryl methyl sites for hydroxylation is 1. The van der Waals surface area contributed by atoms with Gasteiger partial charge in [-0.2, -0.15) is 0 Å². The van der Waals surface area contributed by atoms with E-state index in [4.69, 9.17) is 12.3 Å². The molecule has 0 saturated carbocycles. The van der Waals surface area contributed by atoms with Crippen molar-refractivity contribution in [2.45, 2.75) is 12.8 Å². The Morgan fingerprint density at radius 3 is 2.60 bits per heavy atom. The summed E-state index contributed by atoms with van der Waals surface area (Å²) in [6, 6.07) is 13.1. The predicted octanol–water partition coefficient (Wildman–Crippen LogP) is 4.03. The van der Waals surface area contributed by atoms with E-state index in [1.165, 1.54) is 5.56 Å². The van der Waals surface area contributed by atoms with Gasteiger partial charge >= 0.3 is 0 Å². The summed E-state index contributed by atoms with van der Waals surface area (Å²) < 4.78 is 0. The van der Waals surface area contributed by atoms with Crippen LogP contribution >= 0.6 is 0 Å². The van der Waals surface area contributed by atoms with E-state index < -0.39 is 5.91 Å². The average molecular weight is 466 g/mol. The summed E-state index contributed by atoms with van der Waals surface area (Å²) >= 11 is 0. The Balaban J connectivity index is 1.14. The number of primary amides is 1. The fourth-order valence-corrected chi connectivity index (χ4v) is 4.68. The van der Waals surface area contributed by atoms with E-state index in [1.54, 1.807) is 24.5 Å². The number of carbonyl (C=O) groups is 1. The molecular formula is C27H27N7O. The van der Waals surface area contributed by atoms with Crippen LogP contribution in [0, 0.1) is 6.57 Å². The monoisotopic (exact) mass is 465 g/mol. The molecule has 0 spiro atoms. The molecule has 8 heteroatoms. The molecule has 3 N–H and O–H groups in total. The Bertz CT molecular complexity index is 1380. The van der Waals surface area contributed by atoms with Crippen LogP contribution in [0.2, 0.25) is 0 Å². The Labute approximate surface area is 204 Å². The number of nitrogens with two attached hydrogens (primary N) is 1. The molecule has 0 atom stereocenters. The molecular weight excluding hydrogens is 438 g/mol. The summed E-state index contributed by atoms with van der Waals surface area (Å²) in [6.07, 6.45) is 7.64. The molecule has 2 aromatic carbocycles. The summed E-state index contributed by atoms with van der Waals surface area (Å²) in [4.78, 5) is 32.4. The van der Waals surface area contributed by atoms with Gasteiger partial charge in [0.1, 0.15) is 0 Å². The quantitative estimate of drug-likeness (QED) is 0.402. The highest BCUT2D eigenvalue weighted by Crippen LogP contribution is 2.26. The Hall–Kier alpha value is -4.22. The highest BCUT2D eigenvalue weighted by Gasteiger charge is 2.19. The van der Waals surface area contributed by atoms with E-state index >= 15 is 0 Å². The fourth-order valence-electron chi connectivity index (χ4n) is 4.68. The highest BCUT2D eigenvalue weighted by molar-refractivity contribution is 5.99. The number of aromatic nitrogens is 3. The molecule has 1 saturated heterocycles. The largest absolute Gasteiger partial charge is 0.366 e. The van der Waals surface area contributed by atoms with Gasteiger partial charge in [0.25, 0.3) is 0 Å². The number of hydrogen-bond acceptors (Lipinski definition) is 5. The minimum Gasteiger partial charge on any atom is -0.366 e. The highest BCUT2D eigenvalue weighted by atomic mass is 16.1. The van der Waals surface area contributed by atoms with Crippen molar-refractivity contribution in [3.63, 3.8) is 0 Å². The molecule has 1 amide bonds. The van der Waals surface area contributed by atoms with Gasteiger partial charge < -0.3 is 15.6 Å². The lowest BCUT2D eigenvalue weighted by molar-refractivity contribution is 0.100. The van der Waals surface area contributed by atoms with E-state index in [0.717, 1.165) is 67.6 Å². The third kappa shape index (κ3) is 4.86. The molecule has 176 valence electrons. The molecule has 8 nitrogen and oxygen atoms in total. The van der Waals surface area contributed by atoms with Crippen molar-refractivity contribution >= 4 is 28.4 Å². The normalized spacial score (nSPS) is 14.2. The lowest BCUT2D eigenvalue weighted by atomic mass is 10.0. The van der Waals surface area contributed by atoms with Crippen LogP contribution in [0.15, 0.2) is 61.1 Å². The number of nitrogens with one attached hydrogen (secondary N) is 1. The molecule has 4 aromatic rings. The van der Waals surface area contributed by atoms with E-state index in [0.29, 0.717) is 17.2 Å². The van der Waals surface area contributed by atoms with Crippen LogP contribution in [-0.4, -0.2) is 58.5 Å². The fraction of sp³-hybridized carbons (Fsp3) is 0.259. The predicted molar refractivity (Wildman–Crippen MR) is 138 cm³/mol. The van der Waals surface area contributed by atoms with Gasteiger partial charge in [0.15, 0.2) is 5.69 Å². The minimum absolute atomic E-state index is 0.460. The maximum Gasteiger partial charge on any atom is 0.249 e. The number of fused-ring (bicyclic) bond motifs is 1. The van der Waals surface area contributed by atoms with Gasteiger partial charge in [0, 0.05) is 61.4 Å². The number of anilines is 1. The lowest BCUT2D eigenvalue weighted by Crippen LogP contribution is -2.47. The van der Waals surface area contributed by atoms with E-state index in [2.05, 4.69) is 35.8 Å². The number of carbonyl (C=O) groups excluding carboxylic acids is 1. The first-order chi connectivity index (χ1) is 17.1. The van der Waals surface area contributed by atoms with Gasteiger partial charge in [-0.25, -0.2) is 14.8 Å². The summed E-state index contributed by atoms with van der Waals surface area (Å²) in [6.45, 7) is 12.0. The first-order valence-corrected chi connectivity index (χ1v) is 11.8. The summed E-state index contributed by atoms with van der Waals surface area (Å²) in [5.41, 5.74) is 10.5. The van der Waals surface area contributed by atoms with E-state index in [9.17, 15) is 4.79 Å². The molecule has 35 heavy (non-hydrogen) atoms. The molecule has 0 radical (unpaired) electrons. The molecule has 0 unspecified atom stereocenters. The van der Waals surface area contributed by atoms with Crippen molar-refractivity contribution in [1.82, 2.24) is 19.9 Å². The standard InChI is InChI=1S/C27H27N7O/c1-29-21-8-9-25-24(15-21)19(16-30-25)5-4-10-33-11-13-34(14-12-33)27-31-17-20(18-32-27)22-6-2-3-7-23(22)26(28)35/h2-3,6-9,15-18,30H,4-5,10-14H2,(H2,28,35). The van der Waals surface area contributed by atoms with Crippen LogP contribution in [0.5, 0.6) is 0 Å². The number of H-pyrrole nitrogens is 1. The van der Waals surface area contributed by atoms with E-state index in [1.807, 2.05) is 30.3 Å². The summed E-state index contributed by atoms with van der Waals surface area (Å²) in [5.74, 6) is 0.248. The third-order valence-electron chi connectivity index (χ3n) is 6.60. The van der Waals surface area contributed by atoms with Gasteiger partial charge in [0.2, 0.25) is 11.9 Å². The maximum atomic E-state index is 11.7. The van der Waals surface area contributed by atoms with Crippen LogP contribution < -0.4 is 10.6 Å². The molecule has 5 rings (SSSR count). The summed E-state index contributed by atoms with van der Waals surface area (Å²) in [7, 11) is 0. The Morgan fingerprint density at radius 2 is 1.86 bits per heavy atom. The molecule has 1 aliphatic rings. The van der Waals surface area contributed by atoms with Crippen LogP contribution in [0.4, 0.5) is 11.6 Å². The van der Waals surface area contributed by atoms with Gasteiger partial charge in [-0.05, 0) is 54.1 Å². The number of rotatable bonds is 7. The smallest absolute Gasteiger partial charge is 0.249 e. The number of benzene rings is 2. The Kier molecular flexibility index (Phi) is 6.42. The maximum absolute atomic E-state index is 11.7. The van der Waals surface area contributed by atoms with E-state index in [-0.39, 0.29) is 0 Å². The van der Waals surface area contributed by atoms with Crippen LogP contribution in [-0.2, 0) is 6.42 Å². The minimum atomic E-state index is -0.460. The second kappa shape index (κ2) is 9.95. The number of amides is 1. The first-order valence-electron chi connectivity index (χ1n) is 11.8. The van der Waals surface area contributed by atoms with Crippen LogP contribution in [0.25, 0.3) is 26.9 Å². The van der Waals surface area contributed by atoms with Gasteiger partial charge in [-0.1, -0.05) is 24.3 Å².